The van der Waals surface area contributed by atoms with Crippen molar-refractivity contribution in [1.82, 2.24) is 20.9 Å². The molecule has 11 nitrogen and oxygen atoms in total. The zero-order valence-corrected chi connectivity index (χ0v) is 22.1. The van der Waals surface area contributed by atoms with Crippen molar-refractivity contribution in [2.24, 2.45) is 11.7 Å². The lowest BCUT2D eigenvalue weighted by Gasteiger charge is -2.25. The summed E-state index contributed by atoms with van der Waals surface area (Å²) >= 11 is 1.48. The van der Waals surface area contributed by atoms with E-state index in [9.17, 15) is 29.4 Å². The Morgan fingerprint density at radius 1 is 1.05 bits per heavy atom. The SMILES string of the molecule is CCC(C)C(NC(=O)C(CO)NC(=O)C(CCSC)NC(=O)C(N)Cc1c[nH]c2ccccc12)C(=O)O. The van der Waals surface area contributed by atoms with Gasteiger partial charge in [0.05, 0.1) is 12.6 Å². The van der Waals surface area contributed by atoms with Gasteiger partial charge in [-0.1, -0.05) is 38.5 Å². The molecular weight excluding hydrogens is 498 g/mol. The van der Waals surface area contributed by atoms with Crippen LogP contribution in [0.1, 0.15) is 32.3 Å². The number of H-pyrrole nitrogens is 1. The van der Waals surface area contributed by atoms with Gasteiger partial charge in [-0.05, 0) is 42.4 Å². The minimum atomic E-state index is -1.38. The van der Waals surface area contributed by atoms with Crippen molar-refractivity contribution in [3.05, 3.63) is 36.0 Å². The van der Waals surface area contributed by atoms with Crippen LogP contribution in [0.5, 0.6) is 0 Å². The van der Waals surface area contributed by atoms with E-state index in [1.165, 1.54) is 11.8 Å². The number of aliphatic hydroxyl groups excluding tert-OH is 1. The Morgan fingerprint density at radius 3 is 2.32 bits per heavy atom. The summed E-state index contributed by atoms with van der Waals surface area (Å²) in [6, 6.07) is 3.16. The quantitative estimate of drug-likeness (QED) is 0.170. The molecular formula is C25H37N5O6S. The van der Waals surface area contributed by atoms with Crippen LogP contribution < -0.4 is 21.7 Å². The number of aromatic amines is 1. The number of para-hydroxylation sites is 1. The largest absolute Gasteiger partial charge is 0.480 e. The van der Waals surface area contributed by atoms with Gasteiger partial charge in [0, 0.05) is 17.1 Å². The van der Waals surface area contributed by atoms with Crippen molar-refractivity contribution in [2.45, 2.75) is 57.3 Å². The second kappa shape index (κ2) is 14.6. The Bertz CT molecular complexity index is 1080. The topological polar surface area (TPSA) is 187 Å². The smallest absolute Gasteiger partial charge is 0.326 e. The lowest BCUT2D eigenvalue weighted by atomic mass is 9.99. The maximum atomic E-state index is 13.0. The summed E-state index contributed by atoms with van der Waals surface area (Å²) < 4.78 is 0. The maximum Gasteiger partial charge on any atom is 0.326 e. The standard InChI is InChI=1S/C25H37N5O6S/c1-4-14(2)21(25(35)36)30-24(34)20(13-31)29-23(33)19(9-10-37-3)28-22(32)17(26)11-15-12-27-18-8-6-5-7-16(15)18/h5-8,12,14,17,19-21,27,31H,4,9-11,13,26H2,1-3H3,(H,28,32)(H,29,33)(H,30,34)(H,35,36). The molecule has 5 unspecified atom stereocenters. The Labute approximate surface area is 220 Å². The van der Waals surface area contributed by atoms with E-state index in [1.54, 1.807) is 20.0 Å². The second-order valence-corrected chi connectivity index (χ2v) is 9.95. The first kappa shape index (κ1) is 30.1. The fraction of sp³-hybridized carbons (Fsp3) is 0.520. The number of aromatic nitrogens is 1. The second-order valence-electron chi connectivity index (χ2n) is 8.97. The molecule has 3 amide bonds. The molecule has 0 aliphatic carbocycles. The average Bonchev–Trinajstić information content (AvgIpc) is 3.29. The van der Waals surface area contributed by atoms with Crippen molar-refractivity contribution in [3.63, 3.8) is 0 Å². The van der Waals surface area contributed by atoms with Gasteiger partial charge in [0.2, 0.25) is 17.7 Å². The first-order valence-electron chi connectivity index (χ1n) is 12.2. The number of aliphatic carboxylic acids is 1. The van der Waals surface area contributed by atoms with Crippen LogP contribution in [0.25, 0.3) is 10.9 Å². The molecule has 204 valence electrons. The molecule has 0 saturated heterocycles. The summed E-state index contributed by atoms with van der Waals surface area (Å²) in [5.74, 6) is -3.05. The summed E-state index contributed by atoms with van der Waals surface area (Å²) in [7, 11) is 0. The highest BCUT2D eigenvalue weighted by molar-refractivity contribution is 7.98. The third-order valence-corrected chi connectivity index (χ3v) is 6.93. The Morgan fingerprint density at radius 2 is 1.70 bits per heavy atom. The fourth-order valence-corrected chi connectivity index (χ4v) is 4.29. The third kappa shape index (κ3) is 8.48. The van der Waals surface area contributed by atoms with Crippen molar-refractivity contribution in [1.29, 1.82) is 0 Å². The summed E-state index contributed by atoms with van der Waals surface area (Å²) in [6.07, 6.45) is 4.67. The Kier molecular flexibility index (Phi) is 11.9. The number of carboxylic acid groups (broad SMARTS) is 1. The van der Waals surface area contributed by atoms with Crippen LogP contribution >= 0.6 is 11.8 Å². The minimum absolute atomic E-state index is 0.251. The van der Waals surface area contributed by atoms with Crippen LogP contribution in [0.15, 0.2) is 30.5 Å². The van der Waals surface area contributed by atoms with Crippen molar-refractivity contribution < 1.29 is 29.4 Å². The van der Waals surface area contributed by atoms with Crippen molar-refractivity contribution >= 4 is 46.4 Å². The predicted octanol–water partition coefficient (Wildman–Crippen LogP) is 0.368. The van der Waals surface area contributed by atoms with Gasteiger partial charge in [0.25, 0.3) is 0 Å². The van der Waals surface area contributed by atoms with Crippen LogP contribution in [-0.2, 0) is 25.6 Å². The highest BCUT2D eigenvalue weighted by Gasteiger charge is 2.31. The van der Waals surface area contributed by atoms with Crippen LogP contribution in [0.4, 0.5) is 0 Å². The van der Waals surface area contributed by atoms with E-state index in [2.05, 4.69) is 20.9 Å². The van der Waals surface area contributed by atoms with E-state index in [0.29, 0.717) is 12.2 Å². The molecule has 12 heteroatoms. The van der Waals surface area contributed by atoms with Gasteiger partial charge in [0.15, 0.2) is 0 Å². The van der Waals surface area contributed by atoms with Gasteiger partial charge in [-0.3, -0.25) is 14.4 Å². The Balaban J connectivity index is 2.06. The van der Waals surface area contributed by atoms with Crippen LogP contribution in [0.3, 0.4) is 0 Å². The highest BCUT2D eigenvalue weighted by atomic mass is 32.2. The van der Waals surface area contributed by atoms with Gasteiger partial charge in [-0.25, -0.2) is 4.79 Å². The molecule has 1 heterocycles. The number of carbonyl (C=O) groups excluding carboxylic acids is 3. The number of nitrogens with one attached hydrogen (secondary N) is 4. The average molecular weight is 536 g/mol. The van der Waals surface area contributed by atoms with Gasteiger partial charge in [0.1, 0.15) is 18.1 Å². The Hall–Kier alpha value is -3.09. The lowest BCUT2D eigenvalue weighted by Crippen LogP contribution is -2.58. The van der Waals surface area contributed by atoms with E-state index in [1.807, 2.05) is 30.5 Å². The number of rotatable bonds is 15. The van der Waals surface area contributed by atoms with E-state index in [0.717, 1.165) is 16.5 Å². The summed E-state index contributed by atoms with van der Waals surface area (Å²) in [5.41, 5.74) is 7.95. The van der Waals surface area contributed by atoms with Crippen LogP contribution in [-0.4, -0.2) is 81.7 Å². The van der Waals surface area contributed by atoms with Gasteiger partial charge < -0.3 is 36.9 Å². The van der Waals surface area contributed by atoms with Crippen LogP contribution in [0, 0.1) is 5.92 Å². The first-order valence-corrected chi connectivity index (χ1v) is 13.6. The van der Waals surface area contributed by atoms with E-state index in [4.69, 9.17) is 5.73 Å². The number of carboxylic acids is 1. The number of fused-ring (bicyclic) bond motifs is 1. The normalized spacial score (nSPS) is 15.3. The molecule has 2 aromatic rings. The molecule has 0 radical (unpaired) electrons. The molecule has 0 aliphatic heterocycles. The molecule has 0 bridgehead atoms. The number of aliphatic hydroxyl groups is 1. The fourth-order valence-electron chi connectivity index (χ4n) is 3.82. The lowest BCUT2D eigenvalue weighted by molar-refractivity contribution is -0.144. The van der Waals surface area contributed by atoms with E-state index < -0.39 is 54.5 Å². The molecule has 0 saturated carbocycles. The van der Waals surface area contributed by atoms with Gasteiger partial charge in [-0.15, -0.1) is 0 Å². The van der Waals surface area contributed by atoms with Gasteiger partial charge >= 0.3 is 5.97 Å². The summed E-state index contributed by atoms with van der Waals surface area (Å²) in [6.45, 7) is 2.73. The molecule has 0 aliphatic rings. The summed E-state index contributed by atoms with van der Waals surface area (Å²) in [4.78, 5) is 53.2. The zero-order chi connectivity index (χ0) is 27.5. The zero-order valence-electron chi connectivity index (χ0n) is 21.3. The summed E-state index contributed by atoms with van der Waals surface area (Å²) in [5, 5.41) is 27.5. The third-order valence-electron chi connectivity index (χ3n) is 6.29. The van der Waals surface area contributed by atoms with Crippen molar-refractivity contribution in [3.8, 4) is 0 Å². The molecule has 1 aromatic carbocycles. The minimum Gasteiger partial charge on any atom is -0.480 e. The molecule has 8 N–H and O–H groups in total. The number of thioether (sulfide) groups is 1. The first-order chi connectivity index (χ1) is 17.6. The number of nitrogens with two attached hydrogens (primary N) is 1. The predicted molar refractivity (Wildman–Crippen MR) is 143 cm³/mol. The molecule has 2 rings (SSSR count). The van der Waals surface area contributed by atoms with Gasteiger partial charge in [-0.2, -0.15) is 11.8 Å². The molecule has 0 spiro atoms. The molecule has 0 fully saturated rings. The van der Waals surface area contributed by atoms with E-state index in [-0.39, 0.29) is 18.8 Å². The molecule has 5 atom stereocenters. The number of benzene rings is 1. The maximum absolute atomic E-state index is 13.0. The number of hydrogen-bond acceptors (Lipinski definition) is 7. The molecule has 1 aromatic heterocycles. The highest BCUT2D eigenvalue weighted by Crippen LogP contribution is 2.19. The number of hydrogen-bond donors (Lipinski definition) is 7. The number of carbonyl (C=O) groups is 4. The van der Waals surface area contributed by atoms with Crippen molar-refractivity contribution in [2.75, 3.05) is 18.6 Å². The molecule has 37 heavy (non-hydrogen) atoms. The number of amides is 3. The monoisotopic (exact) mass is 535 g/mol. The van der Waals surface area contributed by atoms with E-state index >= 15 is 0 Å². The van der Waals surface area contributed by atoms with Crippen LogP contribution in [0.2, 0.25) is 0 Å².